The molecule has 228 valence electrons. The van der Waals surface area contributed by atoms with Gasteiger partial charge in [0.25, 0.3) is 5.91 Å². The summed E-state index contributed by atoms with van der Waals surface area (Å²) in [6, 6.07) is 25.5. The summed E-state index contributed by atoms with van der Waals surface area (Å²) in [7, 11) is 0. The molecule has 7 nitrogen and oxygen atoms in total. The molecule has 8 heteroatoms. The van der Waals surface area contributed by atoms with Gasteiger partial charge >= 0.3 is 5.97 Å². The molecular formula is C36H38ClN3O4. The number of aliphatic imine (C=N–C) groups is 1. The van der Waals surface area contributed by atoms with E-state index in [-0.39, 0.29) is 18.0 Å². The molecule has 0 aromatic heterocycles. The minimum Gasteiger partial charge on any atom is -0.492 e. The van der Waals surface area contributed by atoms with E-state index in [2.05, 4.69) is 17.4 Å². The molecule has 1 saturated heterocycles. The first-order valence-electron chi connectivity index (χ1n) is 15.0. The maximum absolute atomic E-state index is 13.6. The van der Waals surface area contributed by atoms with Gasteiger partial charge in [0, 0.05) is 24.6 Å². The van der Waals surface area contributed by atoms with Crippen molar-refractivity contribution in [3.05, 3.63) is 112 Å². The number of rotatable bonds is 11. The predicted molar refractivity (Wildman–Crippen MR) is 175 cm³/mol. The van der Waals surface area contributed by atoms with E-state index >= 15 is 0 Å². The maximum atomic E-state index is 13.6. The molecule has 2 heterocycles. The second kappa shape index (κ2) is 14.0. The van der Waals surface area contributed by atoms with Gasteiger partial charge in [-0.15, -0.1) is 0 Å². The average molecular weight is 612 g/mol. The third-order valence-corrected chi connectivity index (χ3v) is 7.44. The van der Waals surface area contributed by atoms with Gasteiger partial charge in [0.15, 0.2) is 0 Å². The van der Waals surface area contributed by atoms with Crippen LogP contribution in [0.2, 0.25) is 5.02 Å². The Balaban J connectivity index is 1.23. The van der Waals surface area contributed by atoms with Gasteiger partial charge in [0.1, 0.15) is 23.2 Å². The third kappa shape index (κ3) is 8.17. The van der Waals surface area contributed by atoms with Crippen molar-refractivity contribution in [3.8, 4) is 5.75 Å². The molecule has 5 rings (SSSR count). The third-order valence-electron chi connectivity index (χ3n) is 7.14. The highest BCUT2D eigenvalue weighted by Gasteiger charge is 2.39. The molecule has 0 spiro atoms. The van der Waals surface area contributed by atoms with Crippen LogP contribution in [0.15, 0.2) is 95.8 Å². The van der Waals surface area contributed by atoms with Crippen molar-refractivity contribution in [3.63, 3.8) is 0 Å². The van der Waals surface area contributed by atoms with E-state index in [0.717, 1.165) is 47.4 Å². The van der Waals surface area contributed by atoms with E-state index in [1.54, 1.807) is 11.0 Å². The molecule has 1 N–H and O–H groups in total. The van der Waals surface area contributed by atoms with Crippen LogP contribution in [0, 0.1) is 0 Å². The molecular weight excluding hydrogens is 574 g/mol. The van der Waals surface area contributed by atoms with E-state index in [4.69, 9.17) is 26.1 Å². The van der Waals surface area contributed by atoms with E-state index in [0.29, 0.717) is 35.9 Å². The van der Waals surface area contributed by atoms with Crippen molar-refractivity contribution in [1.82, 2.24) is 10.2 Å². The lowest BCUT2D eigenvalue weighted by Crippen LogP contribution is -2.43. The SMILES string of the molecule is CC(C)(C)OC(=O)CCCCCOc1ccc(/C=C2\NC3C(Cc4ccccc4)=NC(c4ccccc4)=CN3C2=O)cc1Cl. The van der Waals surface area contributed by atoms with Gasteiger partial charge in [-0.25, -0.2) is 0 Å². The van der Waals surface area contributed by atoms with Gasteiger partial charge in [0.05, 0.1) is 23.0 Å². The highest BCUT2D eigenvalue weighted by molar-refractivity contribution is 6.32. The average Bonchev–Trinajstić information content (AvgIpc) is 3.31. The number of nitrogens with one attached hydrogen (secondary N) is 1. The first-order chi connectivity index (χ1) is 21.2. The lowest BCUT2D eigenvalue weighted by molar-refractivity contribution is -0.154. The van der Waals surface area contributed by atoms with E-state index in [1.807, 2.05) is 93.7 Å². The number of amides is 1. The zero-order chi connectivity index (χ0) is 31.1. The Labute approximate surface area is 264 Å². The number of carbonyl (C=O) groups is 2. The van der Waals surface area contributed by atoms with Gasteiger partial charge in [-0.05, 0) is 69.4 Å². The topological polar surface area (TPSA) is 80.2 Å². The minimum absolute atomic E-state index is 0.133. The van der Waals surface area contributed by atoms with Crippen molar-refractivity contribution in [2.75, 3.05) is 6.61 Å². The number of nitrogens with zero attached hydrogens (tertiary/aromatic N) is 2. The summed E-state index contributed by atoms with van der Waals surface area (Å²) in [6.07, 6.45) is 6.65. The Morgan fingerprint density at radius 1 is 1.00 bits per heavy atom. The van der Waals surface area contributed by atoms with Crippen molar-refractivity contribution in [2.45, 2.75) is 64.6 Å². The highest BCUT2D eigenvalue weighted by Crippen LogP contribution is 2.31. The minimum atomic E-state index is -0.460. The molecule has 2 aliphatic rings. The molecule has 0 radical (unpaired) electrons. The molecule has 1 amide bonds. The van der Waals surface area contributed by atoms with Crippen LogP contribution in [-0.2, 0) is 20.7 Å². The van der Waals surface area contributed by atoms with Crippen LogP contribution >= 0.6 is 11.6 Å². The van der Waals surface area contributed by atoms with E-state index in [1.165, 1.54) is 0 Å². The van der Waals surface area contributed by atoms with Crippen LogP contribution in [0.5, 0.6) is 5.75 Å². The molecule has 3 aromatic rings. The number of esters is 1. The van der Waals surface area contributed by atoms with Gasteiger partial charge < -0.3 is 14.8 Å². The van der Waals surface area contributed by atoms with Crippen molar-refractivity contribution in [1.29, 1.82) is 0 Å². The summed E-state index contributed by atoms with van der Waals surface area (Å²) in [5, 5.41) is 3.86. The summed E-state index contributed by atoms with van der Waals surface area (Å²) < 4.78 is 11.2. The lowest BCUT2D eigenvalue weighted by Gasteiger charge is -2.27. The molecule has 44 heavy (non-hydrogen) atoms. The first-order valence-corrected chi connectivity index (χ1v) is 15.4. The predicted octanol–water partition coefficient (Wildman–Crippen LogP) is 7.42. The summed E-state index contributed by atoms with van der Waals surface area (Å²) >= 11 is 6.56. The number of fused-ring (bicyclic) bond motifs is 1. The zero-order valence-corrected chi connectivity index (χ0v) is 26.1. The largest absolute Gasteiger partial charge is 0.492 e. The van der Waals surface area contributed by atoms with Crippen LogP contribution in [0.1, 0.15) is 63.1 Å². The van der Waals surface area contributed by atoms with Gasteiger partial charge in [-0.3, -0.25) is 19.5 Å². The number of benzene rings is 3. The standard InChI is InChI=1S/C36H38ClN3O4/c1-36(2,3)44-33(41)17-11-6-12-20-43-32-19-18-26(21-28(32)37)23-30-35(42)40-24-31(27-15-9-5-10-16-27)38-29(34(40)39-30)22-25-13-7-4-8-14-25/h4-5,7-10,13-16,18-19,21,23-24,34,39H,6,11-12,17,20,22H2,1-3H3/b30-23-. The van der Waals surface area contributed by atoms with E-state index < -0.39 is 5.60 Å². The van der Waals surface area contributed by atoms with Crippen molar-refractivity contribution in [2.24, 2.45) is 4.99 Å². The molecule has 1 atom stereocenters. The summed E-state index contributed by atoms with van der Waals surface area (Å²) in [5.41, 5.74) is 4.48. The fourth-order valence-corrected chi connectivity index (χ4v) is 5.34. The molecule has 0 saturated carbocycles. The maximum Gasteiger partial charge on any atom is 0.306 e. The van der Waals surface area contributed by atoms with Crippen molar-refractivity contribution >= 4 is 41.0 Å². The molecule has 2 aliphatic heterocycles. The highest BCUT2D eigenvalue weighted by atomic mass is 35.5. The molecule has 1 unspecified atom stereocenters. The number of hydrogen-bond acceptors (Lipinski definition) is 6. The summed E-state index contributed by atoms with van der Waals surface area (Å²) in [4.78, 5) is 32.2. The number of unbranched alkanes of at least 4 members (excludes halogenated alkanes) is 2. The second-order valence-electron chi connectivity index (χ2n) is 11.9. The Hall–Kier alpha value is -4.36. The van der Waals surface area contributed by atoms with E-state index in [9.17, 15) is 9.59 Å². The van der Waals surface area contributed by atoms with Crippen molar-refractivity contribution < 1.29 is 19.1 Å². The van der Waals surface area contributed by atoms with Crippen LogP contribution in [-0.4, -0.2) is 40.9 Å². The second-order valence-corrected chi connectivity index (χ2v) is 12.3. The summed E-state index contributed by atoms with van der Waals surface area (Å²) in [5.74, 6) is 0.272. The zero-order valence-electron chi connectivity index (χ0n) is 25.4. The Morgan fingerprint density at radius 2 is 1.73 bits per heavy atom. The number of carbonyl (C=O) groups excluding carboxylic acids is 2. The normalized spacial score (nSPS) is 17.1. The van der Waals surface area contributed by atoms with Gasteiger partial charge in [-0.1, -0.05) is 78.3 Å². The quantitative estimate of drug-likeness (QED) is 0.139. The van der Waals surface area contributed by atoms with Crippen LogP contribution in [0.3, 0.4) is 0 Å². The summed E-state index contributed by atoms with van der Waals surface area (Å²) in [6.45, 7) is 6.10. The molecule has 0 aliphatic carbocycles. The smallest absolute Gasteiger partial charge is 0.306 e. The number of hydrogen-bond donors (Lipinski definition) is 1. The van der Waals surface area contributed by atoms with Gasteiger partial charge in [0.2, 0.25) is 0 Å². The fraction of sp³-hybridized carbons (Fsp3) is 0.306. The van der Waals surface area contributed by atoms with Crippen LogP contribution in [0.4, 0.5) is 0 Å². The lowest BCUT2D eigenvalue weighted by atomic mass is 10.0. The molecule has 1 fully saturated rings. The Kier molecular flexibility index (Phi) is 9.85. The first kappa shape index (κ1) is 31.1. The Morgan fingerprint density at radius 3 is 2.43 bits per heavy atom. The van der Waals surface area contributed by atoms with Crippen LogP contribution < -0.4 is 10.1 Å². The molecule has 0 bridgehead atoms. The fourth-order valence-electron chi connectivity index (χ4n) is 5.09. The Bertz CT molecular complexity index is 1580. The van der Waals surface area contributed by atoms with Crippen LogP contribution in [0.25, 0.3) is 11.8 Å². The number of halogens is 1. The molecule has 3 aromatic carbocycles. The van der Waals surface area contributed by atoms with Gasteiger partial charge in [-0.2, -0.15) is 0 Å². The number of ether oxygens (including phenoxy) is 2. The monoisotopic (exact) mass is 611 g/mol.